The van der Waals surface area contributed by atoms with Gasteiger partial charge < -0.3 is 9.40 Å². The maximum Gasteiger partial charge on any atom is 0.345 e. The number of hydrogen-bond acceptors (Lipinski definition) is 4. The van der Waals surface area contributed by atoms with Crippen molar-refractivity contribution in [1.29, 1.82) is 5.26 Å². The van der Waals surface area contributed by atoms with Crippen LogP contribution in [0.2, 0.25) is 5.02 Å². The topological polar surface area (TPSA) is 82.7 Å². The number of nitrogens with one attached hydrogen (secondary N) is 1. The Balaban J connectivity index is 1.69. The van der Waals surface area contributed by atoms with Crippen LogP contribution in [0.5, 0.6) is 0 Å². The number of rotatable bonds is 3. The highest BCUT2D eigenvalue weighted by atomic mass is 35.5. The van der Waals surface area contributed by atoms with Crippen molar-refractivity contribution in [3.63, 3.8) is 0 Å². The van der Waals surface area contributed by atoms with Gasteiger partial charge in [0.1, 0.15) is 11.7 Å². The van der Waals surface area contributed by atoms with Crippen LogP contribution in [0.25, 0.3) is 55.5 Å². The summed E-state index contributed by atoms with van der Waals surface area (Å²) in [6.07, 6.45) is 1.84. The molecule has 0 aliphatic rings. The van der Waals surface area contributed by atoms with Crippen LogP contribution in [0, 0.1) is 11.3 Å². The first-order valence-corrected chi connectivity index (χ1v) is 11.3. The standard InChI is InChI=1S/C29H16ClN3O2/c30-19-11-9-17(10-12-19)21-14-26(22-13-18-5-1-4-8-27(18)35-29(22)34)33-28(23(21)15-31)24-16-32-25-7-3-2-6-20(24)25/h1-14,16,32H. The second kappa shape index (κ2) is 8.28. The zero-order valence-corrected chi connectivity index (χ0v) is 19.0. The molecule has 0 saturated carbocycles. The molecule has 0 aliphatic carbocycles. The normalized spacial score (nSPS) is 11.1. The quantitative estimate of drug-likeness (QED) is 0.275. The van der Waals surface area contributed by atoms with Crippen LogP contribution < -0.4 is 5.63 Å². The van der Waals surface area contributed by atoms with E-state index < -0.39 is 5.63 Å². The molecular weight excluding hydrogens is 458 g/mol. The average molecular weight is 474 g/mol. The highest BCUT2D eigenvalue weighted by Crippen LogP contribution is 2.37. The lowest BCUT2D eigenvalue weighted by atomic mass is 9.94. The minimum atomic E-state index is -0.493. The van der Waals surface area contributed by atoms with E-state index in [0.717, 1.165) is 27.4 Å². The number of H-pyrrole nitrogens is 1. The second-order valence-electron chi connectivity index (χ2n) is 8.13. The summed E-state index contributed by atoms with van der Waals surface area (Å²) in [7, 11) is 0. The summed E-state index contributed by atoms with van der Waals surface area (Å²) in [6, 6.07) is 28.3. The lowest BCUT2D eigenvalue weighted by Crippen LogP contribution is -2.06. The van der Waals surface area contributed by atoms with Crippen LogP contribution >= 0.6 is 11.6 Å². The van der Waals surface area contributed by atoms with Crippen LogP contribution in [0.3, 0.4) is 0 Å². The van der Waals surface area contributed by atoms with E-state index in [1.165, 1.54) is 0 Å². The molecule has 6 aromatic rings. The molecule has 0 fully saturated rings. The summed E-state index contributed by atoms with van der Waals surface area (Å²) in [4.78, 5) is 21.1. The van der Waals surface area contributed by atoms with Crippen molar-refractivity contribution in [2.75, 3.05) is 0 Å². The van der Waals surface area contributed by atoms with Gasteiger partial charge in [0.25, 0.3) is 0 Å². The molecule has 3 heterocycles. The Labute approximate surface area is 204 Å². The fourth-order valence-electron chi connectivity index (χ4n) is 4.36. The SMILES string of the molecule is N#Cc1c(-c2ccc(Cl)cc2)cc(-c2cc3ccccc3oc2=O)nc1-c1c[nH]c2ccccc12. The summed E-state index contributed by atoms with van der Waals surface area (Å²) in [5.74, 6) is 0. The molecule has 0 amide bonds. The molecule has 5 nitrogen and oxygen atoms in total. The van der Waals surface area contributed by atoms with Crippen molar-refractivity contribution in [2.24, 2.45) is 0 Å². The summed E-state index contributed by atoms with van der Waals surface area (Å²) >= 11 is 6.12. The molecule has 0 atom stereocenters. The summed E-state index contributed by atoms with van der Waals surface area (Å²) in [6.45, 7) is 0. The number of aromatic nitrogens is 2. The Morgan fingerprint density at radius 1 is 0.886 bits per heavy atom. The van der Waals surface area contributed by atoms with Gasteiger partial charge in [0, 0.05) is 38.6 Å². The zero-order valence-electron chi connectivity index (χ0n) is 18.2. The number of halogens is 1. The number of aromatic amines is 1. The predicted molar refractivity (Wildman–Crippen MR) is 138 cm³/mol. The van der Waals surface area contributed by atoms with Crippen LogP contribution in [0.4, 0.5) is 0 Å². The van der Waals surface area contributed by atoms with E-state index in [9.17, 15) is 10.1 Å². The number of hydrogen-bond donors (Lipinski definition) is 1. The molecule has 6 rings (SSSR count). The molecule has 0 aliphatic heterocycles. The van der Waals surface area contributed by atoms with Crippen molar-refractivity contribution in [2.45, 2.75) is 0 Å². The van der Waals surface area contributed by atoms with Gasteiger partial charge in [-0.25, -0.2) is 9.78 Å². The van der Waals surface area contributed by atoms with Crippen molar-refractivity contribution in [3.05, 3.63) is 112 Å². The van der Waals surface area contributed by atoms with Crippen LogP contribution in [0.1, 0.15) is 5.56 Å². The van der Waals surface area contributed by atoms with Crippen molar-refractivity contribution < 1.29 is 4.42 Å². The molecule has 3 aromatic carbocycles. The molecule has 166 valence electrons. The minimum absolute atomic E-state index is 0.324. The third-order valence-corrected chi connectivity index (χ3v) is 6.30. The molecule has 0 radical (unpaired) electrons. The van der Waals surface area contributed by atoms with Crippen molar-refractivity contribution in [3.8, 4) is 39.7 Å². The second-order valence-corrected chi connectivity index (χ2v) is 8.57. The first kappa shape index (κ1) is 20.9. The first-order valence-electron chi connectivity index (χ1n) is 10.9. The minimum Gasteiger partial charge on any atom is -0.422 e. The molecule has 1 N–H and O–H groups in total. The summed E-state index contributed by atoms with van der Waals surface area (Å²) in [5, 5.41) is 12.5. The zero-order chi connectivity index (χ0) is 23.9. The van der Waals surface area contributed by atoms with E-state index in [1.54, 1.807) is 30.3 Å². The molecule has 0 bridgehead atoms. The Bertz CT molecular complexity index is 1840. The highest BCUT2D eigenvalue weighted by Gasteiger charge is 2.21. The number of nitrogens with zero attached hydrogens (tertiary/aromatic N) is 2. The van der Waals surface area contributed by atoms with E-state index in [4.69, 9.17) is 21.0 Å². The van der Waals surface area contributed by atoms with Crippen LogP contribution in [-0.2, 0) is 0 Å². The van der Waals surface area contributed by atoms with Gasteiger partial charge in [0.15, 0.2) is 0 Å². The predicted octanol–water partition coefficient (Wildman–Crippen LogP) is 7.20. The van der Waals surface area contributed by atoms with E-state index in [0.29, 0.717) is 38.7 Å². The summed E-state index contributed by atoms with van der Waals surface area (Å²) in [5.41, 5.74) is 4.81. The first-order chi connectivity index (χ1) is 17.1. The molecule has 0 spiro atoms. The fourth-order valence-corrected chi connectivity index (χ4v) is 4.48. The number of benzene rings is 3. The third-order valence-electron chi connectivity index (χ3n) is 6.05. The monoisotopic (exact) mass is 473 g/mol. The largest absolute Gasteiger partial charge is 0.422 e. The van der Waals surface area contributed by atoms with Crippen LogP contribution in [0.15, 0.2) is 100 Å². The highest BCUT2D eigenvalue weighted by molar-refractivity contribution is 6.30. The van der Waals surface area contributed by atoms with Crippen molar-refractivity contribution in [1.82, 2.24) is 9.97 Å². The van der Waals surface area contributed by atoms with Gasteiger partial charge in [-0.1, -0.05) is 60.1 Å². The molecule has 3 aromatic heterocycles. The van der Waals surface area contributed by atoms with Gasteiger partial charge in [0.2, 0.25) is 0 Å². The molecule has 6 heteroatoms. The van der Waals surface area contributed by atoms with E-state index in [2.05, 4.69) is 11.1 Å². The smallest absolute Gasteiger partial charge is 0.345 e. The maximum absolute atomic E-state index is 13.0. The molecule has 35 heavy (non-hydrogen) atoms. The number of pyridine rings is 1. The fraction of sp³-hybridized carbons (Fsp3) is 0. The van der Waals surface area contributed by atoms with E-state index in [-0.39, 0.29) is 0 Å². The Kier molecular flexibility index (Phi) is 4.95. The van der Waals surface area contributed by atoms with Gasteiger partial charge in [0.05, 0.1) is 22.5 Å². The van der Waals surface area contributed by atoms with Crippen molar-refractivity contribution >= 4 is 33.5 Å². The number of nitriles is 1. The van der Waals surface area contributed by atoms with Gasteiger partial charge in [-0.05, 0) is 42.0 Å². The van der Waals surface area contributed by atoms with Gasteiger partial charge in [-0.3, -0.25) is 0 Å². The Morgan fingerprint density at radius 3 is 2.49 bits per heavy atom. The van der Waals surface area contributed by atoms with Gasteiger partial charge in [-0.15, -0.1) is 0 Å². The maximum atomic E-state index is 13.0. The Morgan fingerprint density at radius 2 is 1.66 bits per heavy atom. The Hall–Kier alpha value is -4.66. The molecular formula is C29H16ClN3O2. The average Bonchev–Trinajstić information content (AvgIpc) is 3.32. The van der Waals surface area contributed by atoms with Gasteiger partial charge in [-0.2, -0.15) is 5.26 Å². The third kappa shape index (κ3) is 3.57. The van der Waals surface area contributed by atoms with Crippen LogP contribution in [-0.4, -0.2) is 9.97 Å². The lowest BCUT2D eigenvalue weighted by Gasteiger charge is -2.13. The molecule has 0 saturated heterocycles. The van der Waals surface area contributed by atoms with Gasteiger partial charge >= 0.3 is 5.63 Å². The number of para-hydroxylation sites is 2. The summed E-state index contributed by atoms with van der Waals surface area (Å²) < 4.78 is 5.58. The lowest BCUT2D eigenvalue weighted by molar-refractivity contribution is 0.563. The molecule has 0 unspecified atom stereocenters. The van der Waals surface area contributed by atoms with E-state index in [1.807, 2.05) is 60.8 Å². The number of fused-ring (bicyclic) bond motifs is 2. The van der Waals surface area contributed by atoms with E-state index >= 15 is 0 Å².